The van der Waals surface area contributed by atoms with Crippen LogP contribution in [0.25, 0.3) is 0 Å². The smallest absolute Gasteiger partial charge is 0.302 e. The number of ether oxygens (including phenoxy) is 1. The van der Waals surface area contributed by atoms with Gasteiger partial charge in [0.05, 0.1) is 6.04 Å². The van der Waals surface area contributed by atoms with Gasteiger partial charge in [0.15, 0.2) is 6.61 Å². The third kappa shape index (κ3) is 6.47. The molecule has 0 radical (unpaired) electrons. The number of nitrogens with zero attached hydrogens (tertiary/aromatic N) is 2. The molecule has 33 heavy (non-hydrogen) atoms. The number of carbonyl (C=O) groups excluding carboxylic acids is 2. The van der Waals surface area contributed by atoms with Crippen LogP contribution in [-0.4, -0.2) is 34.3 Å². The number of pyridine rings is 2. The molecule has 7 nitrogen and oxygen atoms in total. The number of carbonyl (C=O) groups is 2. The van der Waals surface area contributed by atoms with Gasteiger partial charge in [-0.15, -0.1) is 0 Å². The van der Waals surface area contributed by atoms with Gasteiger partial charge in [-0.25, -0.2) is 9.97 Å². The molecule has 0 aliphatic heterocycles. The summed E-state index contributed by atoms with van der Waals surface area (Å²) in [6.07, 6.45) is 3.11. The lowest BCUT2D eigenvalue weighted by Crippen LogP contribution is -2.28. The van der Waals surface area contributed by atoms with Crippen molar-refractivity contribution in [1.82, 2.24) is 15.3 Å². The second-order valence-electron chi connectivity index (χ2n) is 8.17. The number of anilines is 1. The fourth-order valence-electron chi connectivity index (χ4n) is 2.87. The predicted octanol–water partition coefficient (Wildman–Crippen LogP) is 4.87. The number of aryl methyl sites for hydroxylation is 1. The second kappa shape index (κ2) is 9.82. The molecular formula is C23H25ClF2N4O3. The molecule has 10 heteroatoms. The van der Waals surface area contributed by atoms with Crippen molar-refractivity contribution in [3.05, 3.63) is 58.4 Å². The standard InChI is InChI=1S/C23H25ClF2N4O3/c1-12(2)23(25,26)11-33-22-18(24)8-17(10-27-22)14(4)29-21(32)16-7-13(3)28-19(9-16)30-20(31)15-5-6-15/h7-10,14-15H,1,5-6,11H2,2-4H3,(H,29,32)(H,28,30,31). The SMILES string of the molecule is C=C(C)C(F)(F)COc1ncc(C(C)NC(=O)c2cc(C)nc(NC(=O)C3CC3)c2)cc1Cl. The van der Waals surface area contributed by atoms with E-state index in [2.05, 4.69) is 27.2 Å². The van der Waals surface area contributed by atoms with Crippen LogP contribution < -0.4 is 15.4 Å². The number of amides is 2. The summed E-state index contributed by atoms with van der Waals surface area (Å²) in [5.74, 6) is -3.49. The number of aromatic nitrogens is 2. The van der Waals surface area contributed by atoms with E-state index in [1.54, 1.807) is 19.9 Å². The van der Waals surface area contributed by atoms with E-state index in [0.717, 1.165) is 12.8 Å². The Morgan fingerprint density at radius 3 is 2.64 bits per heavy atom. The molecule has 2 aromatic rings. The molecule has 0 bridgehead atoms. The van der Waals surface area contributed by atoms with Gasteiger partial charge in [0.2, 0.25) is 11.8 Å². The summed E-state index contributed by atoms with van der Waals surface area (Å²) in [6, 6.07) is 4.12. The van der Waals surface area contributed by atoms with Crippen LogP contribution in [0, 0.1) is 12.8 Å². The first-order valence-electron chi connectivity index (χ1n) is 10.4. The van der Waals surface area contributed by atoms with Crippen LogP contribution in [0.15, 0.2) is 36.5 Å². The first kappa shape index (κ1) is 24.6. The van der Waals surface area contributed by atoms with Crippen LogP contribution in [-0.2, 0) is 4.79 Å². The minimum atomic E-state index is -3.20. The van der Waals surface area contributed by atoms with Crippen molar-refractivity contribution in [3.63, 3.8) is 0 Å². The fraction of sp³-hybridized carbons (Fsp3) is 0.391. The molecule has 1 fully saturated rings. The van der Waals surface area contributed by atoms with Gasteiger partial charge in [0, 0.05) is 23.4 Å². The molecule has 1 aliphatic carbocycles. The Hall–Kier alpha value is -3.07. The van der Waals surface area contributed by atoms with Crippen LogP contribution >= 0.6 is 11.6 Å². The molecule has 0 saturated heterocycles. The average Bonchev–Trinajstić information content (AvgIpc) is 3.57. The van der Waals surface area contributed by atoms with Crippen molar-refractivity contribution in [2.75, 3.05) is 11.9 Å². The van der Waals surface area contributed by atoms with E-state index in [1.807, 2.05) is 0 Å². The fourth-order valence-corrected chi connectivity index (χ4v) is 3.10. The van der Waals surface area contributed by atoms with Gasteiger partial charge in [0.1, 0.15) is 10.8 Å². The molecule has 0 spiro atoms. The topological polar surface area (TPSA) is 93.2 Å². The molecule has 1 atom stereocenters. The first-order valence-corrected chi connectivity index (χ1v) is 10.8. The highest BCUT2D eigenvalue weighted by atomic mass is 35.5. The minimum Gasteiger partial charge on any atom is -0.470 e. The van der Waals surface area contributed by atoms with Crippen molar-refractivity contribution in [3.8, 4) is 5.88 Å². The van der Waals surface area contributed by atoms with E-state index in [9.17, 15) is 18.4 Å². The summed E-state index contributed by atoms with van der Waals surface area (Å²) in [5, 5.41) is 5.60. The van der Waals surface area contributed by atoms with Gasteiger partial charge in [-0.1, -0.05) is 18.2 Å². The first-order chi connectivity index (χ1) is 15.5. The largest absolute Gasteiger partial charge is 0.470 e. The molecular weight excluding hydrogens is 454 g/mol. The molecule has 2 amide bonds. The molecule has 176 valence electrons. The van der Waals surface area contributed by atoms with Crippen LogP contribution in [0.4, 0.5) is 14.6 Å². The van der Waals surface area contributed by atoms with Gasteiger partial charge in [-0.05, 0) is 62.9 Å². The van der Waals surface area contributed by atoms with E-state index < -0.39 is 18.6 Å². The van der Waals surface area contributed by atoms with Crippen molar-refractivity contribution in [2.45, 2.75) is 45.6 Å². The molecule has 1 saturated carbocycles. The molecule has 1 aliphatic rings. The number of nitrogens with one attached hydrogen (secondary N) is 2. The highest BCUT2D eigenvalue weighted by Crippen LogP contribution is 2.30. The van der Waals surface area contributed by atoms with Gasteiger partial charge in [-0.2, -0.15) is 8.78 Å². The maximum absolute atomic E-state index is 13.7. The maximum Gasteiger partial charge on any atom is 0.302 e. The lowest BCUT2D eigenvalue weighted by atomic mass is 10.1. The van der Waals surface area contributed by atoms with Crippen LogP contribution in [0.5, 0.6) is 5.88 Å². The van der Waals surface area contributed by atoms with E-state index in [-0.39, 0.29) is 34.2 Å². The molecule has 2 N–H and O–H groups in total. The average molecular weight is 479 g/mol. The number of rotatable bonds is 9. The van der Waals surface area contributed by atoms with E-state index in [1.165, 1.54) is 25.3 Å². The minimum absolute atomic E-state index is 0.0147. The summed E-state index contributed by atoms with van der Waals surface area (Å²) in [7, 11) is 0. The zero-order chi connectivity index (χ0) is 24.3. The number of hydrogen-bond acceptors (Lipinski definition) is 5. The molecule has 1 unspecified atom stereocenters. The lowest BCUT2D eigenvalue weighted by Gasteiger charge is -2.18. The number of halogens is 3. The Bertz CT molecular complexity index is 1090. The van der Waals surface area contributed by atoms with Crippen molar-refractivity contribution >= 4 is 29.2 Å². The zero-order valence-electron chi connectivity index (χ0n) is 18.5. The number of alkyl halides is 2. The van der Waals surface area contributed by atoms with E-state index in [0.29, 0.717) is 22.6 Å². The van der Waals surface area contributed by atoms with Crippen molar-refractivity contribution < 1.29 is 23.1 Å². The number of hydrogen-bond donors (Lipinski definition) is 2. The summed E-state index contributed by atoms with van der Waals surface area (Å²) >= 11 is 6.14. The molecule has 2 aromatic heterocycles. The Labute approximate surface area is 195 Å². The third-order valence-corrected chi connectivity index (χ3v) is 5.38. The summed E-state index contributed by atoms with van der Waals surface area (Å²) < 4.78 is 32.4. The maximum atomic E-state index is 13.7. The van der Waals surface area contributed by atoms with Gasteiger partial charge in [0.25, 0.3) is 5.91 Å². The predicted molar refractivity (Wildman–Crippen MR) is 121 cm³/mol. The van der Waals surface area contributed by atoms with E-state index in [4.69, 9.17) is 16.3 Å². The van der Waals surface area contributed by atoms with Crippen LogP contribution in [0.3, 0.4) is 0 Å². The van der Waals surface area contributed by atoms with Crippen LogP contribution in [0.2, 0.25) is 5.02 Å². The summed E-state index contributed by atoms with van der Waals surface area (Å²) in [6.45, 7) is 6.97. The van der Waals surface area contributed by atoms with Gasteiger partial charge >= 0.3 is 5.92 Å². The summed E-state index contributed by atoms with van der Waals surface area (Å²) in [4.78, 5) is 33.0. The van der Waals surface area contributed by atoms with Gasteiger partial charge in [-0.3, -0.25) is 9.59 Å². The monoisotopic (exact) mass is 478 g/mol. The molecule has 3 rings (SSSR count). The van der Waals surface area contributed by atoms with Crippen LogP contribution in [0.1, 0.15) is 54.3 Å². The Morgan fingerprint density at radius 2 is 2.03 bits per heavy atom. The normalized spacial score (nSPS) is 14.4. The Morgan fingerprint density at radius 1 is 1.33 bits per heavy atom. The molecule has 2 heterocycles. The zero-order valence-corrected chi connectivity index (χ0v) is 19.3. The Kier molecular flexibility index (Phi) is 7.31. The quantitative estimate of drug-likeness (QED) is 0.502. The highest BCUT2D eigenvalue weighted by molar-refractivity contribution is 6.31. The lowest BCUT2D eigenvalue weighted by molar-refractivity contribution is -0.117. The summed E-state index contributed by atoms with van der Waals surface area (Å²) in [5.41, 5.74) is 1.15. The van der Waals surface area contributed by atoms with Crippen molar-refractivity contribution in [2.24, 2.45) is 5.92 Å². The Balaban J connectivity index is 1.65. The highest BCUT2D eigenvalue weighted by Gasteiger charge is 2.32. The third-order valence-electron chi connectivity index (χ3n) is 5.11. The second-order valence-corrected chi connectivity index (χ2v) is 8.58. The van der Waals surface area contributed by atoms with Crippen molar-refractivity contribution in [1.29, 1.82) is 0 Å². The molecule has 0 aromatic carbocycles. The van der Waals surface area contributed by atoms with E-state index >= 15 is 0 Å². The van der Waals surface area contributed by atoms with Gasteiger partial charge < -0.3 is 15.4 Å².